The Morgan fingerprint density at radius 1 is 1.09 bits per heavy atom. The monoisotopic (exact) mass is 498 g/mol. The highest BCUT2D eigenvalue weighted by Crippen LogP contribution is 2.19. The van der Waals surface area contributed by atoms with E-state index in [0.29, 0.717) is 11.5 Å². The van der Waals surface area contributed by atoms with Gasteiger partial charge in [0.1, 0.15) is 5.82 Å². The molecule has 10 heteroatoms. The summed E-state index contributed by atoms with van der Waals surface area (Å²) in [6, 6.07) is 14.4. The molecule has 1 aromatic heterocycles. The number of rotatable bonds is 11. The summed E-state index contributed by atoms with van der Waals surface area (Å²) in [4.78, 5) is 24.6. The summed E-state index contributed by atoms with van der Waals surface area (Å²) in [5.41, 5.74) is 1.58. The van der Waals surface area contributed by atoms with Crippen molar-refractivity contribution >= 4 is 33.4 Å². The molecule has 0 saturated carbocycles. The molecule has 0 radical (unpaired) electrons. The molecule has 186 valence electrons. The molecule has 0 aliphatic carbocycles. The number of unbranched alkanes of at least 4 members (excludes halogenated alkanes) is 1. The molecule has 0 saturated heterocycles. The lowest BCUT2D eigenvalue weighted by molar-refractivity contribution is -0.119. The Morgan fingerprint density at radius 3 is 2.51 bits per heavy atom. The summed E-state index contributed by atoms with van der Waals surface area (Å²) < 4.78 is 34.9. The topological polar surface area (TPSA) is 119 Å². The Kier molecular flexibility index (Phi) is 8.64. The number of ether oxygens (including phenoxy) is 1. The molecular weight excluding hydrogens is 468 g/mol. The van der Waals surface area contributed by atoms with Gasteiger partial charge in [0.2, 0.25) is 0 Å². The number of hydrogen-bond donors (Lipinski definition) is 2. The number of carbonyl (C=O) groups is 2. The van der Waals surface area contributed by atoms with E-state index in [1.807, 2.05) is 26.0 Å². The van der Waals surface area contributed by atoms with Crippen molar-refractivity contribution in [2.75, 3.05) is 16.6 Å². The summed E-state index contributed by atoms with van der Waals surface area (Å²) >= 11 is 0. The van der Waals surface area contributed by atoms with Crippen LogP contribution in [0.5, 0.6) is 0 Å². The number of sulfonamides is 1. The van der Waals surface area contributed by atoms with Crippen LogP contribution in [0.15, 0.2) is 65.7 Å². The molecule has 35 heavy (non-hydrogen) atoms. The first-order valence-electron chi connectivity index (χ1n) is 11.4. The zero-order valence-corrected chi connectivity index (χ0v) is 20.8. The molecule has 2 N–H and O–H groups in total. The normalized spacial score (nSPS) is 11.3. The Balaban J connectivity index is 1.61. The lowest BCUT2D eigenvalue weighted by Gasteiger charge is -2.12. The third-order valence-electron chi connectivity index (χ3n) is 5.17. The van der Waals surface area contributed by atoms with Crippen molar-refractivity contribution in [3.8, 4) is 0 Å². The van der Waals surface area contributed by atoms with E-state index in [1.165, 1.54) is 24.3 Å². The van der Waals surface area contributed by atoms with E-state index in [-0.39, 0.29) is 16.5 Å². The van der Waals surface area contributed by atoms with Crippen LogP contribution in [0.25, 0.3) is 0 Å². The maximum atomic E-state index is 12.8. The fraction of sp³-hybridized carbons (Fsp3) is 0.320. The molecule has 1 heterocycles. The third-order valence-corrected chi connectivity index (χ3v) is 6.55. The van der Waals surface area contributed by atoms with Gasteiger partial charge in [-0.2, -0.15) is 5.10 Å². The summed E-state index contributed by atoms with van der Waals surface area (Å²) in [5, 5.41) is 6.76. The lowest BCUT2D eigenvalue weighted by Crippen LogP contribution is -2.23. The molecule has 0 unspecified atom stereocenters. The van der Waals surface area contributed by atoms with Crippen LogP contribution < -0.4 is 10.0 Å². The SMILES string of the molecule is CCCCc1ccc(NS(=O)(=O)c2cccc(C(=O)OCC(=O)Nc3ccnn3C(C)C)c2)cc1. The van der Waals surface area contributed by atoms with E-state index in [1.54, 1.807) is 29.1 Å². The zero-order chi connectivity index (χ0) is 25.4. The highest BCUT2D eigenvalue weighted by atomic mass is 32.2. The Hall–Kier alpha value is -3.66. The number of aryl methyl sites for hydroxylation is 1. The van der Waals surface area contributed by atoms with Gasteiger partial charge in [0.15, 0.2) is 6.61 Å². The van der Waals surface area contributed by atoms with Gasteiger partial charge in [-0.25, -0.2) is 17.9 Å². The highest BCUT2D eigenvalue weighted by Gasteiger charge is 2.18. The first kappa shape index (κ1) is 26.0. The fourth-order valence-electron chi connectivity index (χ4n) is 3.34. The Labute approximate surface area is 205 Å². The number of nitrogens with one attached hydrogen (secondary N) is 2. The van der Waals surface area contributed by atoms with Crippen LogP contribution in [-0.2, 0) is 26.0 Å². The number of esters is 1. The average molecular weight is 499 g/mol. The molecule has 0 fully saturated rings. The molecule has 1 amide bonds. The minimum atomic E-state index is -3.92. The fourth-order valence-corrected chi connectivity index (χ4v) is 4.45. The minimum Gasteiger partial charge on any atom is -0.452 e. The maximum Gasteiger partial charge on any atom is 0.338 e. The van der Waals surface area contributed by atoms with E-state index >= 15 is 0 Å². The van der Waals surface area contributed by atoms with Gasteiger partial charge in [-0.3, -0.25) is 9.52 Å². The van der Waals surface area contributed by atoms with Crippen LogP contribution in [0.3, 0.4) is 0 Å². The second kappa shape index (κ2) is 11.7. The van der Waals surface area contributed by atoms with Crippen molar-refractivity contribution in [3.63, 3.8) is 0 Å². The lowest BCUT2D eigenvalue weighted by atomic mass is 10.1. The Bertz CT molecular complexity index is 1270. The van der Waals surface area contributed by atoms with Crippen molar-refractivity contribution in [2.45, 2.75) is 51.0 Å². The predicted octanol–water partition coefficient (Wildman–Crippen LogP) is 4.40. The van der Waals surface area contributed by atoms with Gasteiger partial charge in [0.25, 0.3) is 15.9 Å². The minimum absolute atomic E-state index is 0.0165. The number of benzene rings is 2. The molecule has 0 aliphatic heterocycles. The first-order chi connectivity index (χ1) is 16.7. The summed E-state index contributed by atoms with van der Waals surface area (Å²) in [7, 11) is -3.92. The maximum absolute atomic E-state index is 12.8. The zero-order valence-electron chi connectivity index (χ0n) is 20.0. The van der Waals surface area contributed by atoms with Crippen LogP contribution >= 0.6 is 0 Å². The Morgan fingerprint density at radius 2 is 1.83 bits per heavy atom. The molecule has 2 aromatic carbocycles. The second-order valence-corrected chi connectivity index (χ2v) is 10.00. The molecule has 0 aliphatic rings. The van der Waals surface area contributed by atoms with Crippen LogP contribution in [-0.4, -0.2) is 36.7 Å². The van der Waals surface area contributed by atoms with Crippen molar-refractivity contribution in [2.24, 2.45) is 0 Å². The number of anilines is 2. The van der Waals surface area contributed by atoms with Crippen molar-refractivity contribution in [1.82, 2.24) is 9.78 Å². The van der Waals surface area contributed by atoms with Crippen LogP contribution in [0.4, 0.5) is 11.5 Å². The predicted molar refractivity (Wildman–Crippen MR) is 134 cm³/mol. The standard InChI is InChI=1S/C25H30N4O5S/c1-4-5-7-19-10-12-21(13-11-19)28-35(32,33)22-9-6-8-20(16-22)25(31)34-17-24(30)27-23-14-15-26-29(23)18(2)3/h6,8-16,18,28H,4-5,7,17H2,1-3H3,(H,27,30). The van der Waals surface area contributed by atoms with Crippen molar-refractivity contribution in [3.05, 3.63) is 71.9 Å². The number of carbonyl (C=O) groups excluding carboxylic acids is 2. The molecule has 0 atom stereocenters. The summed E-state index contributed by atoms with van der Waals surface area (Å²) in [6.45, 7) is 5.43. The number of nitrogens with zero attached hydrogens (tertiary/aromatic N) is 2. The molecular formula is C25H30N4O5S. The molecule has 9 nitrogen and oxygen atoms in total. The van der Waals surface area contributed by atoms with Crippen molar-refractivity contribution in [1.29, 1.82) is 0 Å². The first-order valence-corrected chi connectivity index (χ1v) is 12.9. The van der Waals surface area contributed by atoms with Crippen molar-refractivity contribution < 1.29 is 22.7 Å². The third kappa shape index (κ3) is 7.16. The quantitative estimate of drug-likeness (QED) is 0.378. The summed E-state index contributed by atoms with van der Waals surface area (Å²) in [6.07, 6.45) is 4.65. The van der Waals surface area contributed by atoms with Gasteiger partial charge >= 0.3 is 5.97 Å². The number of hydrogen-bond acceptors (Lipinski definition) is 6. The van der Waals surface area contributed by atoms with Crippen LogP contribution in [0.1, 0.15) is 55.6 Å². The van der Waals surface area contributed by atoms with Gasteiger partial charge in [-0.15, -0.1) is 0 Å². The van der Waals surface area contributed by atoms with Gasteiger partial charge < -0.3 is 10.1 Å². The number of aromatic nitrogens is 2. The van der Waals surface area contributed by atoms with Crippen LogP contribution in [0, 0.1) is 0 Å². The van der Waals surface area contributed by atoms with E-state index in [9.17, 15) is 18.0 Å². The molecule has 3 rings (SSSR count). The van der Waals surface area contributed by atoms with Gasteiger partial charge in [-0.05, 0) is 62.6 Å². The molecule has 3 aromatic rings. The van der Waals surface area contributed by atoms with E-state index in [4.69, 9.17) is 4.74 Å². The average Bonchev–Trinajstić information content (AvgIpc) is 3.30. The van der Waals surface area contributed by atoms with E-state index in [2.05, 4.69) is 22.1 Å². The van der Waals surface area contributed by atoms with E-state index in [0.717, 1.165) is 24.8 Å². The van der Waals surface area contributed by atoms with Gasteiger partial charge in [-0.1, -0.05) is 31.5 Å². The van der Waals surface area contributed by atoms with Gasteiger partial charge in [0, 0.05) is 17.8 Å². The second-order valence-electron chi connectivity index (χ2n) is 8.31. The number of amides is 1. The van der Waals surface area contributed by atoms with Crippen LogP contribution in [0.2, 0.25) is 0 Å². The summed E-state index contributed by atoms with van der Waals surface area (Å²) in [5.74, 6) is -0.859. The molecule has 0 bridgehead atoms. The smallest absolute Gasteiger partial charge is 0.338 e. The van der Waals surface area contributed by atoms with Gasteiger partial charge in [0.05, 0.1) is 16.7 Å². The van der Waals surface area contributed by atoms with E-state index < -0.39 is 28.5 Å². The highest BCUT2D eigenvalue weighted by molar-refractivity contribution is 7.92. The molecule has 0 spiro atoms. The largest absolute Gasteiger partial charge is 0.452 e.